The highest BCUT2D eigenvalue weighted by molar-refractivity contribution is 5.99. The first-order valence-corrected chi connectivity index (χ1v) is 15.4. The van der Waals surface area contributed by atoms with Crippen molar-refractivity contribution in [3.05, 3.63) is 47.2 Å². The summed E-state index contributed by atoms with van der Waals surface area (Å²) in [7, 11) is 1.20. The predicted molar refractivity (Wildman–Crippen MR) is 156 cm³/mol. The number of benzene rings is 1. The molecular formula is C31H36F7N5O4. The van der Waals surface area contributed by atoms with E-state index in [0.29, 0.717) is 38.9 Å². The van der Waals surface area contributed by atoms with E-state index in [1.165, 1.54) is 7.11 Å². The van der Waals surface area contributed by atoms with Gasteiger partial charge in [-0.15, -0.1) is 0 Å². The number of nitrogens with one attached hydrogen (secondary N) is 3. The Kier molecular flexibility index (Phi) is 10.7. The molecule has 3 heterocycles. The lowest BCUT2D eigenvalue weighted by Gasteiger charge is -2.28. The molecule has 3 N–H and O–H groups in total. The number of hydrogen-bond donors (Lipinski definition) is 3. The van der Waals surface area contributed by atoms with Gasteiger partial charge in [0.05, 0.1) is 18.7 Å². The number of halogens is 7. The summed E-state index contributed by atoms with van der Waals surface area (Å²) in [5.41, 5.74) is -2.06. The van der Waals surface area contributed by atoms with E-state index in [2.05, 4.69) is 20.9 Å². The quantitative estimate of drug-likeness (QED) is 0.289. The molecule has 9 nitrogen and oxygen atoms in total. The third kappa shape index (κ3) is 7.84. The molecule has 0 radical (unpaired) electrons. The number of ether oxygens (including phenoxy) is 2. The Morgan fingerprint density at radius 2 is 1.72 bits per heavy atom. The topological polar surface area (TPSA) is 105 Å². The lowest BCUT2D eigenvalue weighted by molar-refractivity contribution is -0.136. The second-order valence-electron chi connectivity index (χ2n) is 12.1. The van der Waals surface area contributed by atoms with Gasteiger partial charge in [-0.1, -0.05) is 0 Å². The molecule has 0 bridgehead atoms. The van der Waals surface area contributed by atoms with E-state index in [0.717, 1.165) is 29.3 Å². The minimum atomic E-state index is -4.97. The number of amides is 3. The van der Waals surface area contributed by atoms with Gasteiger partial charge in [0.1, 0.15) is 28.8 Å². The molecule has 258 valence electrons. The highest BCUT2D eigenvalue weighted by Gasteiger charge is 2.48. The van der Waals surface area contributed by atoms with Gasteiger partial charge in [-0.2, -0.15) is 13.2 Å². The number of anilines is 2. The first-order valence-electron chi connectivity index (χ1n) is 15.4. The van der Waals surface area contributed by atoms with Crippen molar-refractivity contribution in [2.24, 2.45) is 11.8 Å². The van der Waals surface area contributed by atoms with Crippen molar-refractivity contribution in [1.29, 1.82) is 0 Å². The van der Waals surface area contributed by atoms with Crippen molar-refractivity contribution in [3.63, 3.8) is 0 Å². The highest BCUT2D eigenvalue weighted by atomic mass is 19.4. The van der Waals surface area contributed by atoms with Gasteiger partial charge in [-0.05, 0) is 44.6 Å². The number of alkyl halides is 5. The second kappa shape index (κ2) is 14.5. The van der Waals surface area contributed by atoms with Gasteiger partial charge in [0.25, 0.3) is 0 Å². The van der Waals surface area contributed by atoms with Gasteiger partial charge < -0.3 is 25.4 Å². The maximum atomic E-state index is 15.4. The number of nitrogens with zero attached hydrogens (tertiary/aromatic N) is 2. The van der Waals surface area contributed by atoms with Gasteiger partial charge in [-0.3, -0.25) is 9.69 Å². The minimum absolute atomic E-state index is 0.145. The van der Waals surface area contributed by atoms with Crippen molar-refractivity contribution >= 4 is 23.4 Å². The summed E-state index contributed by atoms with van der Waals surface area (Å²) in [5, 5.41) is 8.05. The number of carbonyl (C=O) groups is 2. The van der Waals surface area contributed by atoms with Gasteiger partial charge in [-0.25, -0.2) is 27.3 Å². The van der Waals surface area contributed by atoms with Crippen molar-refractivity contribution in [2.75, 3.05) is 43.6 Å². The van der Waals surface area contributed by atoms with Crippen molar-refractivity contribution in [3.8, 4) is 5.75 Å². The summed E-state index contributed by atoms with van der Waals surface area (Å²) in [5.74, 6) is -7.43. The van der Waals surface area contributed by atoms with E-state index in [1.807, 2.05) is 0 Å². The van der Waals surface area contributed by atoms with Crippen LogP contribution in [0, 0.1) is 23.5 Å². The first kappa shape index (κ1) is 34.5. The molecule has 2 aliphatic heterocycles. The van der Waals surface area contributed by atoms with Gasteiger partial charge >= 0.3 is 12.2 Å². The Hall–Kier alpha value is -3.82. The lowest BCUT2D eigenvalue weighted by atomic mass is 9.86. The smallest absolute Gasteiger partial charge is 0.421 e. The van der Waals surface area contributed by atoms with E-state index in [9.17, 15) is 31.5 Å². The number of pyridine rings is 1. The van der Waals surface area contributed by atoms with Crippen LogP contribution in [0.3, 0.4) is 0 Å². The monoisotopic (exact) mass is 675 g/mol. The zero-order valence-corrected chi connectivity index (χ0v) is 25.5. The van der Waals surface area contributed by atoms with Crippen LogP contribution in [0.2, 0.25) is 0 Å². The van der Waals surface area contributed by atoms with E-state index in [4.69, 9.17) is 9.47 Å². The molecule has 1 unspecified atom stereocenters. The SMILES string of the molecule is COc1cc(F)c([C@@H]2CN(c3nccc(NC4CCOCC4)c3C(F)(F)F)C(=O)C2CNC(=O)NC2CCC(C(F)F)CC2)c(F)c1. The van der Waals surface area contributed by atoms with Crippen LogP contribution in [0.1, 0.15) is 55.6 Å². The number of urea groups is 1. The molecule has 16 heteroatoms. The number of rotatable bonds is 9. The molecule has 3 aliphatic rings. The van der Waals surface area contributed by atoms with Crippen LogP contribution in [-0.2, 0) is 15.7 Å². The summed E-state index contributed by atoms with van der Waals surface area (Å²) < 4.78 is 111. The molecule has 2 atom stereocenters. The highest BCUT2D eigenvalue weighted by Crippen LogP contribution is 2.45. The van der Waals surface area contributed by atoms with Gasteiger partial charge in [0, 0.05) is 74.1 Å². The Balaban J connectivity index is 1.42. The fourth-order valence-corrected chi connectivity index (χ4v) is 6.60. The first-order chi connectivity index (χ1) is 22.4. The standard InChI is InChI=1S/C31H36F7N5O4/c1-46-19-12-22(32)25(23(33)13-19)21-15-43(28-26(31(36,37)38)24(6-9-39-28)41-18-7-10-47-11-8-18)29(44)20(21)14-40-30(45)42-17-4-2-16(3-5-17)27(34)35/h6,9,12-13,16-18,20-21,27H,2-5,7-8,10-11,14-15H2,1H3,(H,39,41)(H2,40,42,45)/t16?,17?,20?,21-/m1/s1. The second-order valence-corrected chi connectivity index (χ2v) is 12.1. The van der Waals surface area contributed by atoms with Gasteiger partial charge in [0.15, 0.2) is 0 Å². The van der Waals surface area contributed by atoms with Crippen LogP contribution < -0.4 is 25.6 Å². The number of carbonyl (C=O) groups excluding carboxylic acids is 2. The molecule has 0 spiro atoms. The Bertz CT molecular complexity index is 1410. The summed E-state index contributed by atoms with van der Waals surface area (Å²) in [6.45, 7) is -0.325. The van der Waals surface area contributed by atoms with Crippen LogP contribution in [0.15, 0.2) is 24.4 Å². The molecule has 3 amide bonds. The molecular weight excluding hydrogens is 639 g/mol. The molecule has 1 aromatic carbocycles. The van der Waals surface area contributed by atoms with Crippen LogP contribution in [0.5, 0.6) is 5.75 Å². The largest absolute Gasteiger partial charge is 0.497 e. The summed E-state index contributed by atoms with van der Waals surface area (Å²) in [6.07, 6.45) is -4.34. The molecule has 47 heavy (non-hydrogen) atoms. The molecule has 1 aromatic heterocycles. The van der Waals surface area contributed by atoms with Crippen LogP contribution in [0.25, 0.3) is 0 Å². The fourth-order valence-electron chi connectivity index (χ4n) is 6.60. The maximum Gasteiger partial charge on any atom is 0.421 e. The van der Waals surface area contributed by atoms with Crippen LogP contribution in [-0.4, -0.2) is 68.8 Å². The molecule has 1 saturated carbocycles. The Labute approximate surface area is 266 Å². The van der Waals surface area contributed by atoms with Crippen molar-refractivity contribution < 1.29 is 49.8 Å². The van der Waals surface area contributed by atoms with E-state index >= 15 is 8.78 Å². The van der Waals surface area contributed by atoms with Crippen LogP contribution >= 0.6 is 0 Å². The van der Waals surface area contributed by atoms with E-state index in [-0.39, 0.29) is 30.3 Å². The third-order valence-corrected chi connectivity index (χ3v) is 9.10. The predicted octanol–water partition coefficient (Wildman–Crippen LogP) is 5.85. The third-order valence-electron chi connectivity index (χ3n) is 9.10. The average molecular weight is 676 g/mol. The van der Waals surface area contributed by atoms with Crippen molar-refractivity contribution in [2.45, 2.75) is 69.1 Å². The summed E-state index contributed by atoms with van der Waals surface area (Å²) >= 11 is 0. The minimum Gasteiger partial charge on any atom is -0.497 e. The molecule has 1 aliphatic carbocycles. The molecule has 2 saturated heterocycles. The number of aromatic nitrogens is 1. The lowest BCUT2D eigenvalue weighted by Crippen LogP contribution is -2.46. The summed E-state index contributed by atoms with van der Waals surface area (Å²) in [6, 6.07) is 1.47. The Morgan fingerprint density at radius 3 is 2.32 bits per heavy atom. The number of hydrogen-bond acceptors (Lipinski definition) is 6. The zero-order valence-electron chi connectivity index (χ0n) is 25.5. The number of methoxy groups -OCH3 is 1. The molecule has 2 aromatic rings. The molecule has 3 fully saturated rings. The normalized spacial score (nSPS) is 24.0. The van der Waals surface area contributed by atoms with E-state index < -0.39 is 90.0 Å². The van der Waals surface area contributed by atoms with Gasteiger partial charge in [0.2, 0.25) is 12.3 Å². The molecule has 5 rings (SSSR count). The van der Waals surface area contributed by atoms with Crippen LogP contribution in [0.4, 0.5) is 47.0 Å². The van der Waals surface area contributed by atoms with Crippen molar-refractivity contribution in [1.82, 2.24) is 15.6 Å². The summed E-state index contributed by atoms with van der Waals surface area (Å²) in [4.78, 5) is 31.3. The maximum absolute atomic E-state index is 15.4. The fraction of sp³-hybridized carbons (Fsp3) is 0.581. The Morgan fingerprint density at radius 1 is 1.06 bits per heavy atom. The average Bonchev–Trinajstić information content (AvgIpc) is 3.34. The zero-order chi connectivity index (χ0) is 33.9. The van der Waals surface area contributed by atoms with E-state index in [1.54, 1.807) is 0 Å².